The number of nitrogens with two attached hydrogens (primary N) is 1. The average Bonchev–Trinajstić information content (AvgIpc) is 2.98. The SMILES string of the molecule is CSC1(CNc2cc(-n3cccn3)nc(N)n2)CC1. The summed E-state index contributed by atoms with van der Waals surface area (Å²) in [7, 11) is 0. The van der Waals surface area contributed by atoms with Gasteiger partial charge in [-0.15, -0.1) is 0 Å². The van der Waals surface area contributed by atoms with Crippen molar-refractivity contribution in [2.24, 2.45) is 0 Å². The van der Waals surface area contributed by atoms with E-state index in [0.29, 0.717) is 10.6 Å². The Morgan fingerprint density at radius 2 is 2.32 bits per heavy atom. The highest BCUT2D eigenvalue weighted by molar-refractivity contribution is 8.00. The Bertz CT molecular complexity index is 564. The van der Waals surface area contributed by atoms with Gasteiger partial charge in [0, 0.05) is 29.8 Å². The van der Waals surface area contributed by atoms with Gasteiger partial charge in [-0.1, -0.05) is 0 Å². The molecule has 2 heterocycles. The molecule has 6 nitrogen and oxygen atoms in total. The maximum atomic E-state index is 5.74. The van der Waals surface area contributed by atoms with Crippen LogP contribution in [0.2, 0.25) is 0 Å². The summed E-state index contributed by atoms with van der Waals surface area (Å²) in [5.74, 6) is 1.68. The molecule has 0 atom stereocenters. The molecular formula is C12H16N6S. The van der Waals surface area contributed by atoms with Crippen molar-refractivity contribution < 1.29 is 0 Å². The lowest BCUT2D eigenvalue weighted by Gasteiger charge is -2.14. The molecule has 1 aliphatic carbocycles. The highest BCUT2D eigenvalue weighted by Crippen LogP contribution is 2.46. The predicted molar refractivity (Wildman–Crippen MR) is 77.5 cm³/mol. The molecule has 19 heavy (non-hydrogen) atoms. The van der Waals surface area contributed by atoms with Crippen molar-refractivity contribution in [2.45, 2.75) is 17.6 Å². The Kier molecular flexibility index (Phi) is 3.06. The van der Waals surface area contributed by atoms with Gasteiger partial charge < -0.3 is 11.1 Å². The molecule has 0 radical (unpaired) electrons. The molecule has 0 aromatic carbocycles. The number of nitrogens with zero attached hydrogens (tertiary/aromatic N) is 4. The molecule has 7 heteroatoms. The van der Waals surface area contributed by atoms with Gasteiger partial charge in [0.1, 0.15) is 5.82 Å². The zero-order chi connectivity index (χ0) is 13.3. The van der Waals surface area contributed by atoms with E-state index in [-0.39, 0.29) is 5.95 Å². The van der Waals surface area contributed by atoms with Gasteiger partial charge in [-0.2, -0.15) is 26.8 Å². The molecule has 0 amide bonds. The molecule has 0 aliphatic heterocycles. The summed E-state index contributed by atoms with van der Waals surface area (Å²) in [6.45, 7) is 0.906. The van der Waals surface area contributed by atoms with Crippen LogP contribution >= 0.6 is 11.8 Å². The summed E-state index contributed by atoms with van der Waals surface area (Å²) in [6.07, 6.45) is 8.20. The average molecular weight is 276 g/mol. The Balaban J connectivity index is 1.78. The van der Waals surface area contributed by atoms with E-state index < -0.39 is 0 Å². The number of anilines is 2. The minimum Gasteiger partial charge on any atom is -0.368 e. The minimum atomic E-state index is 0.254. The van der Waals surface area contributed by atoms with Crippen LogP contribution in [0.1, 0.15) is 12.8 Å². The van der Waals surface area contributed by atoms with Gasteiger partial charge in [0.25, 0.3) is 0 Å². The Morgan fingerprint density at radius 3 is 2.95 bits per heavy atom. The number of nitrogen functional groups attached to an aromatic ring is 1. The monoisotopic (exact) mass is 276 g/mol. The maximum absolute atomic E-state index is 5.74. The van der Waals surface area contributed by atoms with Crippen LogP contribution in [0.5, 0.6) is 0 Å². The van der Waals surface area contributed by atoms with Crippen LogP contribution < -0.4 is 11.1 Å². The fourth-order valence-electron chi connectivity index (χ4n) is 1.91. The third kappa shape index (κ3) is 2.65. The number of nitrogens with one attached hydrogen (secondary N) is 1. The molecule has 0 bridgehead atoms. The highest BCUT2D eigenvalue weighted by atomic mass is 32.2. The van der Waals surface area contributed by atoms with Crippen LogP contribution in [0, 0.1) is 0 Å². The lowest BCUT2D eigenvalue weighted by atomic mass is 10.4. The molecule has 0 unspecified atom stereocenters. The van der Waals surface area contributed by atoms with Gasteiger partial charge >= 0.3 is 0 Å². The molecule has 0 saturated heterocycles. The van der Waals surface area contributed by atoms with E-state index in [1.807, 2.05) is 30.1 Å². The summed E-state index contributed by atoms with van der Waals surface area (Å²) in [5, 5.41) is 7.49. The van der Waals surface area contributed by atoms with E-state index in [4.69, 9.17) is 5.73 Å². The first kappa shape index (κ1) is 12.3. The summed E-state index contributed by atoms with van der Waals surface area (Å²) < 4.78 is 2.05. The van der Waals surface area contributed by atoms with Gasteiger partial charge in [-0.25, -0.2) is 4.68 Å². The van der Waals surface area contributed by atoms with Crippen LogP contribution in [0.4, 0.5) is 11.8 Å². The molecule has 1 saturated carbocycles. The van der Waals surface area contributed by atoms with Gasteiger partial charge in [-0.3, -0.25) is 0 Å². The zero-order valence-corrected chi connectivity index (χ0v) is 11.5. The molecule has 100 valence electrons. The zero-order valence-electron chi connectivity index (χ0n) is 10.7. The molecular weight excluding hydrogens is 260 g/mol. The third-order valence-corrected chi connectivity index (χ3v) is 4.72. The topological polar surface area (TPSA) is 81.7 Å². The first-order valence-corrected chi connectivity index (χ1v) is 7.37. The number of hydrogen-bond acceptors (Lipinski definition) is 6. The Morgan fingerprint density at radius 1 is 1.47 bits per heavy atom. The quantitative estimate of drug-likeness (QED) is 0.862. The number of thioether (sulfide) groups is 1. The van der Waals surface area contributed by atoms with Crippen molar-refractivity contribution in [1.82, 2.24) is 19.7 Å². The normalized spacial score (nSPS) is 16.3. The van der Waals surface area contributed by atoms with Crippen LogP contribution in [0.3, 0.4) is 0 Å². The fraction of sp³-hybridized carbons (Fsp3) is 0.417. The van der Waals surface area contributed by atoms with Gasteiger partial charge in [0.15, 0.2) is 5.82 Å². The Hall–Kier alpha value is -1.76. The van der Waals surface area contributed by atoms with Crippen molar-refractivity contribution in [3.8, 4) is 5.82 Å². The Labute approximate surface area is 115 Å². The van der Waals surface area contributed by atoms with Crippen LogP contribution in [-0.4, -0.2) is 37.3 Å². The lowest BCUT2D eigenvalue weighted by Crippen LogP contribution is -2.18. The van der Waals surface area contributed by atoms with E-state index in [1.165, 1.54) is 12.8 Å². The van der Waals surface area contributed by atoms with E-state index in [2.05, 4.69) is 26.6 Å². The highest BCUT2D eigenvalue weighted by Gasteiger charge is 2.41. The third-order valence-electron chi connectivity index (χ3n) is 3.30. The van der Waals surface area contributed by atoms with Crippen LogP contribution in [0.15, 0.2) is 24.5 Å². The van der Waals surface area contributed by atoms with Gasteiger partial charge in [0.05, 0.1) is 0 Å². The number of hydrogen-bond donors (Lipinski definition) is 2. The van der Waals surface area contributed by atoms with E-state index >= 15 is 0 Å². The molecule has 3 N–H and O–H groups in total. The molecule has 1 aliphatic rings. The van der Waals surface area contributed by atoms with Crippen molar-refractivity contribution >= 4 is 23.5 Å². The molecule has 2 aromatic heterocycles. The smallest absolute Gasteiger partial charge is 0.224 e. The second-order valence-electron chi connectivity index (χ2n) is 4.66. The molecule has 2 aromatic rings. The fourth-order valence-corrected chi connectivity index (χ4v) is 2.64. The summed E-state index contributed by atoms with van der Waals surface area (Å²) in [6, 6.07) is 3.71. The summed E-state index contributed by atoms with van der Waals surface area (Å²) in [4.78, 5) is 8.39. The van der Waals surface area contributed by atoms with Crippen molar-refractivity contribution in [2.75, 3.05) is 23.9 Å². The summed E-state index contributed by atoms with van der Waals surface area (Å²) in [5.41, 5.74) is 5.74. The van der Waals surface area contributed by atoms with E-state index in [9.17, 15) is 0 Å². The maximum Gasteiger partial charge on any atom is 0.224 e. The standard InChI is InChI=1S/C12H16N6S/c1-19-12(3-4-12)8-14-9-7-10(17-11(13)16-9)18-6-2-5-15-18/h2,5-7H,3-4,8H2,1H3,(H3,13,14,16,17). The summed E-state index contributed by atoms with van der Waals surface area (Å²) >= 11 is 1.91. The minimum absolute atomic E-state index is 0.254. The molecule has 3 rings (SSSR count). The van der Waals surface area contributed by atoms with Crippen LogP contribution in [0.25, 0.3) is 5.82 Å². The first-order valence-electron chi connectivity index (χ1n) is 6.14. The van der Waals surface area contributed by atoms with Crippen LogP contribution in [-0.2, 0) is 0 Å². The first-order chi connectivity index (χ1) is 9.21. The molecule has 1 fully saturated rings. The lowest BCUT2D eigenvalue weighted by molar-refractivity contribution is 0.841. The van der Waals surface area contributed by atoms with Crippen molar-refractivity contribution in [3.63, 3.8) is 0 Å². The van der Waals surface area contributed by atoms with E-state index in [0.717, 1.165) is 12.4 Å². The van der Waals surface area contributed by atoms with Gasteiger partial charge in [-0.05, 0) is 25.2 Å². The largest absolute Gasteiger partial charge is 0.368 e. The second-order valence-corrected chi connectivity index (χ2v) is 5.94. The number of aromatic nitrogens is 4. The van der Waals surface area contributed by atoms with E-state index in [1.54, 1.807) is 10.9 Å². The number of rotatable bonds is 5. The van der Waals surface area contributed by atoms with Crippen molar-refractivity contribution in [3.05, 3.63) is 24.5 Å². The molecule has 0 spiro atoms. The second kappa shape index (κ2) is 4.73. The van der Waals surface area contributed by atoms with Gasteiger partial charge in [0.2, 0.25) is 5.95 Å². The van der Waals surface area contributed by atoms with Crippen molar-refractivity contribution in [1.29, 1.82) is 0 Å². The predicted octanol–water partition coefficient (Wildman–Crippen LogP) is 1.55.